The Bertz CT molecular complexity index is 835. The Kier molecular flexibility index (Phi) is 3.09. The number of benzene rings is 1. The summed E-state index contributed by atoms with van der Waals surface area (Å²) in [5.74, 6) is -0.313. The molecule has 0 fully saturated rings. The third-order valence-corrected chi connectivity index (χ3v) is 3.34. The first kappa shape index (κ1) is 12.6. The van der Waals surface area contributed by atoms with Crippen LogP contribution in [0.5, 0.6) is 0 Å². The zero-order valence-electron chi connectivity index (χ0n) is 10.2. The van der Waals surface area contributed by atoms with Crippen LogP contribution in [0.1, 0.15) is 11.1 Å². The summed E-state index contributed by atoms with van der Waals surface area (Å²) in [6.45, 7) is 0. The van der Waals surface area contributed by atoms with Gasteiger partial charge in [0.25, 0.3) is 0 Å². The molecule has 0 amide bonds. The molecule has 20 heavy (non-hydrogen) atoms. The molecule has 6 heteroatoms. The largest absolute Gasteiger partial charge is 0.261 e. The topological polar surface area (TPSA) is 65.4 Å². The molecule has 1 N–H and O–H groups in total. The second-order valence-electron chi connectivity index (χ2n) is 4.21. The van der Waals surface area contributed by atoms with Crippen molar-refractivity contribution in [3.8, 4) is 17.3 Å². The fraction of sp³-hybridized carbons (Fsp3) is 0.0714. The minimum Gasteiger partial charge on any atom is -0.261 e. The van der Waals surface area contributed by atoms with E-state index in [4.69, 9.17) is 16.9 Å². The number of nitrogens with one attached hydrogen (secondary N) is 1. The van der Waals surface area contributed by atoms with Crippen molar-refractivity contribution in [1.29, 1.82) is 5.26 Å². The van der Waals surface area contributed by atoms with E-state index in [1.807, 2.05) is 6.07 Å². The number of rotatable bonds is 2. The van der Waals surface area contributed by atoms with Gasteiger partial charge in [0.05, 0.1) is 17.5 Å². The Morgan fingerprint density at radius 3 is 3.00 bits per heavy atom. The second kappa shape index (κ2) is 4.91. The van der Waals surface area contributed by atoms with Gasteiger partial charge in [-0.3, -0.25) is 5.10 Å². The standard InChI is InChI=1S/C14H8ClFN4/c15-5-9-4-12(19-14-11(9)7-18-20-14)10-3-1-2-8(6-17)13(10)16/h1-4,7H,5H2,(H,18,19,20). The Morgan fingerprint density at radius 1 is 1.40 bits per heavy atom. The van der Waals surface area contributed by atoms with Crippen molar-refractivity contribution in [2.24, 2.45) is 0 Å². The Balaban J connectivity index is 2.27. The summed E-state index contributed by atoms with van der Waals surface area (Å²) in [5.41, 5.74) is 2.03. The van der Waals surface area contributed by atoms with E-state index in [0.29, 0.717) is 11.3 Å². The number of fused-ring (bicyclic) bond motifs is 1. The first-order valence-electron chi connectivity index (χ1n) is 5.82. The van der Waals surface area contributed by atoms with Crippen molar-refractivity contribution in [3.63, 3.8) is 0 Å². The lowest BCUT2D eigenvalue weighted by Crippen LogP contribution is -1.94. The fourth-order valence-electron chi connectivity index (χ4n) is 2.06. The minimum absolute atomic E-state index is 0.0126. The molecule has 0 aliphatic carbocycles. The number of hydrogen-bond donors (Lipinski definition) is 1. The van der Waals surface area contributed by atoms with Crippen LogP contribution in [0.15, 0.2) is 30.5 Å². The third kappa shape index (κ3) is 1.91. The monoisotopic (exact) mass is 286 g/mol. The number of halogens is 2. The lowest BCUT2D eigenvalue weighted by atomic mass is 10.0. The maximum atomic E-state index is 14.2. The van der Waals surface area contributed by atoms with Crippen molar-refractivity contribution >= 4 is 22.6 Å². The average molecular weight is 287 g/mol. The SMILES string of the molecule is N#Cc1cccc(-c2cc(CCl)c3cn[nH]c3n2)c1F. The maximum absolute atomic E-state index is 14.2. The highest BCUT2D eigenvalue weighted by Gasteiger charge is 2.14. The number of nitriles is 1. The van der Waals surface area contributed by atoms with E-state index in [1.165, 1.54) is 6.07 Å². The van der Waals surface area contributed by atoms with E-state index in [9.17, 15) is 4.39 Å². The number of aromatic nitrogens is 3. The minimum atomic E-state index is -0.582. The van der Waals surface area contributed by atoms with Crippen molar-refractivity contribution in [2.75, 3.05) is 0 Å². The fourth-order valence-corrected chi connectivity index (χ4v) is 2.28. The Labute approximate surface area is 118 Å². The van der Waals surface area contributed by atoms with Gasteiger partial charge in [-0.25, -0.2) is 9.37 Å². The molecular formula is C14H8ClFN4. The molecule has 4 nitrogen and oxygen atoms in total. The zero-order chi connectivity index (χ0) is 14.1. The van der Waals surface area contributed by atoms with Gasteiger partial charge in [0.2, 0.25) is 0 Å². The first-order chi connectivity index (χ1) is 9.74. The van der Waals surface area contributed by atoms with Gasteiger partial charge in [0, 0.05) is 16.8 Å². The highest BCUT2D eigenvalue weighted by molar-refractivity contribution is 6.18. The molecule has 0 atom stereocenters. The normalized spacial score (nSPS) is 10.7. The Morgan fingerprint density at radius 2 is 2.25 bits per heavy atom. The smallest absolute Gasteiger partial charge is 0.156 e. The maximum Gasteiger partial charge on any atom is 0.156 e. The van der Waals surface area contributed by atoms with Gasteiger partial charge >= 0.3 is 0 Å². The van der Waals surface area contributed by atoms with Crippen LogP contribution in [-0.4, -0.2) is 15.2 Å². The van der Waals surface area contributed by atoms with Crippen LogP contribution >= 0.6 is 11.6 Å². The summed E-state index contributed by atoms with van der Waals surface area (Å²) in [6, 6.07) is 8.16. The number of pyridine rings is 1. The summed E-state index contributed by atoms with van der Waals surface area (Å²) < 4.78 is 14.2. The molecule has 2 heterocycles. The molecule has 0 saturated carbocycles. The van der Waals surface area contributed by atoms with E-state index >= 15 is 0 Å². The van der Waals surface area contributed by atoms with E-state index < -0.39 is 5.82 Å². The first-order valence-corrected chi connectivity index (χ1v) is 6.36. The molecule has 3 rings (SSSR count). The van der Waals surface area contributed by atoms with Gasteiger partial charge in [-0.15, -0.1) is 11.6 Å². The van der Waals surface area contributed by atoms with Crippen LogP contribution in [-0.2, 0) is 5.88 Å². The van der Waals surface area contributed by atoms with Gasteiger partial charge < -0.3 is 0 Å². The van der Waals surface area contributed by atoms with Gasteiger partial charge in [-0.1, -0.05) is 6.07 Å². The number of hydrogen-bond acceptors (Lipinski definition) is 3. The zero-order valence-corrected chi connectivity index (χ0v) is 10.9. The third-order valence-electron chi connectivity index (χ3n) is 3.05. The molecule has 1 aromatic carbocycles. The summed E-state index contributed by atoms with van der Waals surface area (Å²) >= 11 is 5.91. The molecule has 2 aromatic heterocycles. The van der Waals surface area contributed by atoms with E-state index in [0.717, 1.165) is 10.9 Å². The molecule has 0 saturated heterocycles. The van der Waals surface area contributed by atoms with Crippen LogP contribution < -0.4 is 0 Å². The van der Waals surface area contributed by atoms with Gasteiger partial charge in [-0.2, -0.15) is 10.4 Å². The molecule has 0 aliphatic rings. The molecule has 0 aliphatic heterocycles. The lowest BCUT2D eigenvalue weighted by molar-refractivity contribution is 0.627. The van der Waals surface area contributed by atoms with Gasteiger partial charge in [-0.05, 0) is 23.8 Å². The molecule has 98 valence electrons. The molecule has 0 radical (unpaired) electrons. The number of H-pyrrole nitrogens is 1. The van der Waals surface area contributed by atoms with Gasteiger partial charge in [0.15, 0.2) is 5.65 Å². The molecule has 0 unspecified atom stereocenters. The summed E-state index contributed by atoms with van der Waals surface area (Å²) in [6.07, 6.45) is 1.63. The van der Waals surface area contributed by atoms with Crippen molar-refractivity contribution in [1.82, 2.24) is 15.2 Å². The predicted octanol–water partition coefficient (Wildman–Crippen LogP) is 3.37. The molecule has 3 aromatic rings. The van der Waals surface area contributed by atoms with Gasteiger partial charge in [0.1, 0.15) is 11.9 Å². The highest BCUT2D eigenvalue weighted by atomic mass is 35.5. The number of alkyl halides is 1. The molecule has 0 spiro atoms. The summed E-state index contributed by atoms with van der Waals surface area (Å²) in [4.78, 5) is 4.32. The lowest BCUT2D eigenvalue weighted by Gasteiger charge is -2.06. The molecular weight excluding hydrogens is 279 g/mol. The quantitative estimate of drug-likeness (QED) is 0.735. The van der Waals surface area contributed by atoms with Crippen LogP contribution in [0.4, 0.5) is 4.39 Å². The van der Waals surface area contributed by atoms with Crippen LogP contribution in [0.3, 0.4) is 0 Å². The average Bonchev–Trinajstić information content (AvgIpc) is 2.94. The Hall–Kier alpha value is -2.45. The van der Waals surface area contributed by atoms with Crippen LogP contribution in [0.2, 0.25) is 0 Å². The highest BCUT2D eigenvalue weighted by Crippen LogP contribution is 2.27. The summed E-state index contributed by atoms with van der Waals surface area (Å²) in [7, 11) is 0. The second-order valence-corrected chi connectivity index (χ2v) is 4.48. The summed E-state index contributed by atoms with van der Waals surface area (Å²) in [5, 5.41) is 16.3. The van der Waals surface area contributed by atoms with Crippen LogP contribution in [0.25, 0.3) is 22.3 Å². The van der Waals surface area contributed by atoms with E-state index in [2.05, 4.69) is 15.2 Å². The van der Waals surface area contributed by atoms with Crippen LogP contribution in [0, 0.1) is 17.1 Å². The molecule has 0 bridgehead atoms. The van der Waals surface area contributed by atoms with Crippen molar-refractivity contribution in [3.05, 3.63) is 47.4 Å². The van der Waals surface area contributed by atoms with Crippen molar-refractivity contribution < 1.29 is 4.39 Å². The predicted molar refractivity (Wildman–Crippen MR) is 73.6 cm³/mol. The van der Waals surface area contributed by atoms with E-state index in [-0.39, 0.29) is 17.0 Å². The van der Waals surface area contributed by atoms with E-state index in [1.54, 1.807) is 24.4 Å². The number of nitrogens with zero attached hydrogens (tertiary/aromatic N) is 3. The van der Waals surface area contributed by atoms with Crippen molar-refractivity contribution in [2.45, 2.75) is 5.88 Å². The number of aromatic amines is 1.